The molecule has 1 aromatic carbocycles. The van der Waals surface area contributed by atoms with Crippen molar-refractivity contribution in [1.82, 2.24) is 0 Å². The van der Waals surface area contributed by atoms with Gasteiger partial charge in [-0.2, -0.15) is 5.26 Å². The van der Waals surface area contributed by atoms with Gasteiger partial charge in [0.15, 0.2) is 0 Å². The van der Waals surface area contributed by atoms with Crippen molar-refractivity contribution < 1.29 is 9.53 Å². The number of rotatable bonds is 4. The molecule has 2 N–H and O–H groups in total. The van der Waals surface area contributed by atoms with Crippen molar-refractivity contribution in [2.75, 3.05) is 17.7 Å². The third-order valence-corrected chi connectivity index (χ3v) is 4.29. The van der Waals surface area contributed by atoms with E-state index in [2.05, 4.69) is 16.7 Å². The predicted octanol–water partition coefficient (Wildman–Crippen LogP) is 4.14. The molecule has 0 atom stereocenters. The van der Waals surface area contributed by atoms with Crippen LogP contribution < -0.4 is 15.4 Å². The molecule has 0 bridgehead atoms. The Kier molecular flexibility index (Phi) is 5.02. The van der Waals surface area contributed by atoms with E-state index in [0.717, 1.165) is 16.9 Å². The van der Waals surface area contributed by atoms with E-state index < -0.39 is 0 Å². The lowest BCUT2D eigenvalue weighted by molar-refractivity contribution is 0.262. The summed E-state index contributed by atoms with van der Waals surface area (Å²) in [6.07, 6.45) is 0.768. The quantitative estimate of drug-likeness (QED) is 0.890. The number of benzene rings is 1. The standard InChI is InChI=1S/C16H17N3O2S/c1-4-13-10(2)22-15(14(13)9-17)19-16(20)18-11-6-5-7-12(8-11)21-3/h5-8H,4H2,1-3H3,(H2,18,19,20). The maximum atomic E-state index is 12.1. The lowest BCUT2D eigenvalue weighted by atomic mass is 10.1. The van der Waals surface area contributed by atoms with Crippen LogP contribution in [0.15, 0.2) is 24.3 Å². The van der Waals surface area contributed by atoms with Gasteiger partial charge in [0.25, 0.3) is 0 Å². The molecular weight excluding hydrogens is 298 g/mol. The summed E-state index contributed by atoms with van der Waals surface area (Å²) in [6, 6.07) is 8.87. The molecule has 2 aromatic rings. The van der Waals surface area contributed by atoms with Gasteiger partial charge in [0.2, 0.25) is 0 Å². The first-order chi connectivity index (χ1) is 10.6. The summed E-state index contributed by atoms with van der Waals surface area (Å²) in [4.78, 5) is 13.1. The molecule has 0 spiro atoms. The number of carbonyl (C=O) groups excluding carboxylic acids is 1. The molecule has 0 aliphatic carbocycles. The van der Waals surface area contributed by atoms with E-state index in [9.17, 15) is 10.1 Å². The van der Waals surface area contributed by atoms with Gasteiger partial charge in [-0.15, -0.1) is 11.3 Å². The van der Waals surface area contributed by atoms with E-state index in [1.807, 2.05) is 13.8 Å². The highest BCUT2D eigenvalue weighted by molar-refractivity contribution is 7.16. The van der Waals surface area contributed by atoms with Crippen LogP contribution in [0.5, 0.6) is 5.75 Å². The number of amides is 2. The van der Waals surface area contributed by atoms with Gasteiger partial charge in [0.1, 0.15) is 16.8 Å². The van der Waals surface area contributed by atoms with Gasteiger partial charge in [0, 0.05) is 16.6 Å². The summed E-state index contributed by atoms with van der Waals surface area (Å²) in [7, 11) is 1.57. The van der Waals surface area contributed by atoms with Crippen LogP contribution in [0.1, 0.15) is 22.9 Å². The van der Waals surface area contributed by atoms with Crippen LogP contribution in [0.4, 0.5) is 15.5 Å². The predicted molar refractivity (Wildman–Crippen MR) is 88.8 cm³/mol. The average Bonchev–Trinajstić information content (AvgIpc) is 2.81. The van der Waals surface area contributed by atoms with Crippen LogP contribution in [0.2, 0.25) is 0 Å². The van der Waals surface area contributed by atoms with E-state index >= 15 is 0 Å². The van der Waals surface area contributed by atoms with Crippen molar-refractivity contribution >= 4 is 28.1 Å². The van der Waals surface area contributed by atoms with Crippen LogP contribution in [0.25, 0.3) is 0 Å². The van der Waals surface area contributed by atoms with Crippen molar-refractivity contribution in [3.63, 3.8) is 0 Å². The second-order valence-electron chi connectivity index (χ2n) is 4.62. The molecule has 0 aliphatic heterocycles. The fraction of sp³-hybridized carbons (Fsp3) is 0.250. The number of ether oxygens (including phenoxy) is 1. The Morgan fingerprint density at radius 1 is 1.41 bits per heavy atom. The second kappa shape index (κ2) is 6.96. The zero-order valence-corrected chi connectivity index (χ0v) is 13.5. The normalized spacial score (nSPS) is 9.91. The number of methoxy groups -OCH3 is 1. The molecule has 0 fully saturated rings. The Morgan fingerprint density at radius 2 is 2.18 bits per heavy atom. The van der Waals surface area contributed by atoms with Gasteiger partial charge in [0.05, 0.1) is 12.7 Å². The Hall–Kier alpha value is -2.52. The monoisotopic (exact) mass is 315 g/mol. The van der Waals surface area contributed by atoms with Gasteiger partial charge < -0.3 is 10.1 Å². The number of urea groups is 1. The minimum absolute atomic E-state index is 0.381. The lowest BCUT2D eigenvalue weighted by Crippen LogP contribution is -2.19. The summed E-state index contributed by atoms with van der Waals surface area (Å²) in [5.74, 6) is 0.663. The summed E-state index contributed by atoms with van der Waals surface area (Å²) in [5, 5.41) is 15.3. The highest BCUT2D eigenvalue weighted by Crippen LogP contribution is 2.32. The molecule has 5 nitrogen and oxygen atoms in total. The van der Waals surface area contributed by atoms with Crippen LogP contribution in [-0.4, -0.2) is 13.1 Å². The number of carbonyl (C=O) groups is 1. The van der Waals surface area contributed by atoms with Crippen LogP contribution in [0, 0.1) is 18.3 Å². The first-order valence-electron chi connectivity index (χ1n) is 6.83. The molecule has 6 heteroatoms. The van der Waals surface area contributed by atoms with Crippen molar-refractivity contribution in [2.24, 2.45) is 0 Å². The number of nitriles is 1. The molecule has 0 radical (unpaired) electrons. The molecule has 0 saturated carbocycles. The minimum Gasteiger partial charge on any atom is -0.497 e. The fourth-order valence-electron chi connectivity index (χ4n) is 2.18. The Morgan fingerprint density at radius 3 is 2.82 bits per heavy atom. The third-order valence-electron chi connectivity index (χ3n) is 3.23. The van der Waals surface area contributed by atoms with Crippen molar-refractivity contribution in [3.8, 4) is 11.8 Å². The van der Waals surface area contributed by atoms with Gasteiger partial charge in [-0.1, -0.05) is 13.0 Å². The number of anilines is 2. The average molecular weight is 315 g/mol. The maximum Gasteiger partial charge on any atom is 0.324 e. The zero-order chi connectivity index (χ0) is 16.1. The SMILES string of the molecule is CCc1c(C)sc(NC(=O)Nc2cccc(OC)c2)c1C#N. The van der Waals surface area contributed by atoms with Crippen LogP contribution in [0.3, 0.4) is 0 Å². The van der Waals surface area contributed by atoms with E-state index in [1.54, 1.807) is 31.4 Å². The molecule has 0 unspecified atom stereocenters. The van der Waals surface area contributed by atoms with E-state index in [0.29, 0.717) is 22.0 Å². The number of aryl methyl sites for hydroxylation is 1. The van der Waals surface area contributed by atoms with E-state index in [1.165, 1.54) is 11.3 Å². The minimum atomic E-state index is -0.381. The first-order valence-corrected chi connectivity index (χ1v) is 7.65. The first kappa shape index (κ1) is 15.9. The summed E-state index contributed by atoms with van der Waals surface area (Å²) >= 11 is 1.42. The van der Waals surface area contributed by atoms with Crippen LogP contribution in [-0.2, 0) is 6.42 Å². The number of nitrogens with zero attached hydrogens (tertiary/aromatic N) is 1. The molecule has 1 aromatic heterocycles. The molecule has 22 heavy (non-hydrogen) atoms. The Balaban J connectivity index is 2.14. The number of nitrogens with one attached hydrogen (secondary N) is 2. The van der Waals surface area contributed by atoms with Crippen molar-refractivity contribution in [2.45, 2.75) is 20.3 Å². The van der Waals surface area contributed by atoms with Gasteiger partial charge >= 0.3 is 6.03 Å². The molecule has 0 saturated heterocycles. The Bertz CT molecular complexity index is 731. The third kappa shape index (κ3) is 3.38. The number of hydrogen-bond acceptors (Lipinski definition) is 4. The topological polar surface area (TPSA) is 74.2 Å². The molecule has 0 aliphatic rings. The largest absolute Gasteiger partial charge is 0.497 e. The summed E-state index contributed by atoms with van der Waals surface area (Å²) in [5.41, 5.74) is 2.16. The molecule has 114 valence electrons. The Labute approximate surface area is 133 Å². The summed E-state index contributed by atoms with van der Waals surface area (Å²) in [6.45, 7) is 3.95. The molecule has 2 amide bonds. The maximum absolute atomic E-state index is 12.1. The van der Waals surface area contributed by atoms with Gasteiger partial charge in [-0.25, -0.2) is 4.79 Å². The van der Waals surface area contributed by atoms with E-state index in [4.69, 9.17) is 4.74 Å². The lowest BCUT2D eigenvalue weighted by Gasteiger charge is -2.08. The zero-order valence-electron chi connectivity index (χ0n) is 12.7. The smallest absolute Gasteiger partial charge is 0.324 e. The van der Waals surface area contributed by atoms with E-state index in [-0.39, 0.29) is 6.03 Å². The highest BCUT2D eigenvalue weighted by atomic mass is 32.1. The number of hydrogen-bond donors (Lipinski definition) is 2. The molecular formula is C16H17N3O2S. The molecule has 2 rings (SSSR count). The highest BCUT2D eigenvalue weighted by Gasteiger charge is 2.16. The fourth-order valence-corrected chi connectivity index (χ4v) is 3.27. The van der Waals surface area contributed by atoms with Crippen molar-refractivity contribution in [3.05, 3.63) is 40.3 Å². The molecule has 1 heterocycles. The second-order valence-corrected chi connectivity index (χ2v) is 5.84. The number of thiophene rings is 1. The van der Waals surface area contributed by atoms with Gasteiger partial charge in [-0.3, -0.25) is 5.32 Å². The summed E-state index contributed by atoms with van der Waals surface area (Å²) < 4.78 is 5.11. The van der Waals surface area contributed by atoms with Crippen molar-refractivity contribution in [1.29, 1.82) is 5.26 Å². The van der Waals surface area contributed by atoms with Gasteiger partial charge in [-0.05, 0) is 31.0 Å². The van der Waals surface area contributed by atoms with Crippen LogP contribution >= 0.6 is 11.3 Å².